The molecule has 2 aliphatic rings. The van der Waals surface area contributed by atoms with Crippen molar-refractivity contribution in [3.63, 3.8) is 0 Å². The minimum atomic E-state index is -0.0155. The van der Waals surface area contributed by atoms with Gasteiger partial charge in [0.2, 0.25) is 0 Å². The molecule has 3 aromatic heterocycles. The van der Waals surface area contributed by atoms with Crippen LogP contribution in [-0.2, 0) is 4.74 Å². The molecule has 0 aliphatic carbocycles. The van der Waals surface area contributed by atoms with Crippen LogP contribution in [0.15, 0.2) is 36.7 Å². The van der Waals surface area contributed by atoms with Crippen molar-refractivity contribution >= 4 is 28.1 Å². The van der Waals surface area contributed by atoms with Crippen molar-refractivity contribution < 1.29 is 9.53 Å². The van der Waals surface area contributed by atoms with Crippen LogP contribution < -0.4 is 0 Å². The molecular weight excluding hydrogens is 460 g/mol. The van der Waals surface area contributed by atoms with Crippen LogP contribution >= 0.6 is 11.3 Å². The van der Waals surface area contributed by atoms with Gasteiger partial charge in [0.1, 0.15) is 16.4 Å². The molecule has 1 atom stereocenters. The molecule has 2 fully saturated rings. The molecule has 8 nitrogen and oxygen atoms in total. The highest BCUT2D eigenvalue weighted by molar-refractivity contribution is 7.18. The summed E-state index contributed by atoms with van der Waals surface area (Å²) >= 11 is 1.52. The van der Waals surface area contributed by atoms with Gasteiger partial charge in [0.05, 0.1) is 23.6 Å². The van der Waals surface area contributed by atoms with E-state index in [1.807, 2.05) is 17.0 Å². The lowest BCUT2D eigenvalue weighted by atomic mass is 10.1. The molecule has 1 amide bonds. The van der Waals surface area contributed by atoms with Gasteiger partial charge in [0.15, 0.2) is 0 Å². The Morgan fingerprint density at radius 3 is 2.86 bits per heavy atom. The number of nitrogens with one attached hydrogen (secondary N) is 1. The van der Waals surface area contributed by atoms with Crippen molar-refractivity contribution in [2.24, 2.45) is 0 Å². The van der Waals surface area contributed by atoms with Gasteiger partial charge in [-0.1, -0.05) is 17.7 Å². The number of ether oxygens (including phenoxy) is 1. The molecule has 1 aromatic carbocycles. The van der Waals surface area contributed by atoms with Crippen LogP contribution in [0, 0.1) is 13.8 Å². The molecule has 1 unspecified atom stereocenters. The highest BCUT2D eigenvalue weighted by Crippen LogP contribution is 2.38. The third kappa shape index (κ3) is 4.13. The number of aromatic amines is 1. The highest BCUT2D eigenvalue weighted by atomic mass is 32.1. The number of hydrogen-bond donors (Lipinski definition) is 1. The lowest BCUT2D eigenvalue weighted by Gasteiger charge is -2.32. The number of fused-ring (bicyclic) bond motifs is 1. The first-order valence-corrected chi connectivity index (χ1v) is 12.9. The van der Waals surface area contributed by atoms with Gasteiger partial charge in [0.25, 0.3) is 5.91 Å². The number of nitrogens with zero attached hydrogens (tertiary/aromatic N) is 5. The van der Waals surface area contributed by atoms with Crippen LogP contribution in [0.2, 0.25) is 0 Å². The smallest absolute Gasteiger partial charge is 0.274 e. The third-order valence-corrected chi connectivity index (χ3v) is 8.10. The Bertz CT molecular complexity index is 1380. The van der Waals surface area contributed by atoms with E-state index in [1.165, 1.54) is 16.9 Å². The van der Waals surface area contributed by atoms with E-state index in [4.69, 9.17) is 9.72 Å². The van der Waals surface area contributed by atoms with Crippen molar-refractivity contribution in [1.82, 2.24) is 30.0 Å². The molecule has 1 N–H and O–H groups in total. The van der Waals surface area contributed by atoms with Crippen molar-refractivity contribution in [3.8, 4) is 21.1 Å². The zero-order chi connectivity index (χ0) is 23.9. The van der Waals surface area contributed by atoms with Gasteiger partial charge in [-0.05, 0) is 38.0 Å². The topological polar surface area (TPSA) is 87.2 Å². The molecule has 4 aromatic rings. The molecule has 35 heavy (non-hydrogen) atoms. The molecule has 0 saturated carbocycles. The fourth-order valence-corrected chi connectivity index (χ4v) is 6.27. The average Bonchev–Trinajstić information content (AvgIpc) is 3.63. The molecule has 0 bridgehead atoms. The Kier molecular flexibility index (Phi) is 5.83. The monoisotopic (exact) mass is 488 g/mol. The second kappa shape index (κ2) is 9.14. The lowest BCUT2D eigenvalue weighted by molar-refractivity contribution is 0.0185. The number of carbonyl (C=O) groups excluding carboxylic acids is 1. The Morgan fingerprint density at radius 2 is 2.06 bits per heavy atom. The van der Waals surface area contributed by atoms with E-state index in [-0.39, 0.29) is 5.91 Å². The number of thiazole rings is 1. The van der Waals surface area contributed by atoms with E-state index < -0.39 is 0 Å². The summed E-state index contributed by atoms with van der Waals surface area (Å²) in [7, 11) is 0. The third-order valence-electron chi connectivity index (χ3n) is 6.97. The van der Waals surface area contributed by atoms with Gasteiger partial charge in [-0.25, -0.2) is 4.98 Å². The van der Waals surface area contributed by atoms with E-state index in [1.54, 1.807) is 12.4 Å². The number of amides is 1. The molecule has 9 heteroatoms. The molecule has 180 valence electrons. The van der Waals surface area contributed by atoms with Gasteiger partial charge in [-0.15, -0.1) is 11.3 Å². The highest BCUT2D eigenvalue weighted by Gasteiger charge is 2.34. The van der Waals surface area contributed by atoms with Crippen LogP contribution in [0.1, 0.15) is 28.0 Å². The van der Waals surface area contributed by atoms with E-state index in [9.17, 15) is 4.79 Å². The van der Waals surface area contributed by atoms with Gasteiger partial charge in [-0.2, -0.15) is 5.10 Å². The Hall–Kier alpha value is -3.14. The molecule has 2 aliphatic heterocycles. The van der Waals surface area contributed by atoms with Gasteiger partial charge < -0.3 is 9.64 Å². The molecule has 0 radical (unpaired) electrons. The molecule has 2 saturated heterocycles. The van der Waals surface area contributed by atoms with E-state index in [2.05, 4.69) is 46.1 Å². The number of carbonyl (C=O) groups is 1. The van der Waals surface area contributed by atoms with Crippen molar-refractivity contribution in [3.05, 3.63) is 53.5 Å². The van der Waals surface area contributed by atoms with Crippen LogP contribution in [0.5, 0.6) is 0 Å². The van der Waals surface area contributed by atoms with Crippen molar-refractivity contribution in [2.75, 3.05) is 39.4 Å². The fraction of sp³-hybridized carbons (Fsp3) is 0.385. The first-order valence-electron chi connectivity index (χ1n) is 12.1. The summed E-state index contributed by atoms with van der Waals surface area (Å²) in [6.07, 6.45) is 4.52. The maximum absolute atomic E-state index is 13.8. The summed E-state index contributed by atoms with van der Waals surface area (Å²) in [5.74, 6) is -0.0155. The minimum absolute atomic E-state index is 0.0155. The summed E-state index contributed by atoms with van der Waals surface area (Å²) in [6.45, 7) is 9.01. The number of morpholine rings is 1. The largest absolute Gasteiger partial charge is 0.379 e. The van der Waals surface area contributed by atoms with Gasteiger partial charge in [-0.3, -0.25) is 19.8 Å². The maximum atomic E-state index is 13.8. The standard InChI is InChI=1S/C26H28N6O2S/c1-16-12-17(2)21-20(13-16)22(30-29-21)25-28-23(24(35-25)18-4-3-6-27-14-18)26(33)32-7-5-19(15-32)31-8-10-34-11-9-31/h3-4,6,12-14,19H,5,7-11,15H2,1-2H3,(H,29,30). The van der Waals surface area contributed by atoms with Crippen molar-refractivity contribution in [2.45, 2.75) is 26.3 Å². The van der Waals surface area contributed by atoms with Crippen LogP contribution in [0.25, 0.3) is 32.0 Å². The molecule has 6 rings (SSSR count). The fourth-order valence-electron chi connectivity index (χ4n) is 5.22. The van der Waals surface area contributed by atoms with Gasteiger partial charge in [0, 0.05) is 55.6 Å². The Labute approximate surface area is 208 Å². The lowest BCUT2D eigenvalue weighted by Crippen LogP contribution is -2.45. The molecular formula is C26H28N6O2S. The average molecular weight is 489 g/mol. The van der Waals surface area contributed by atoms with Crippen LogP contribution in [0.3, 0.4) is 0 Å². The second-order valence-corrected chi connectivity index (χ2v) is 10.4. The SMILES string of the molecule is Cc1cc(C)c2n[nH]c(-c3nc(C(=O)N4CCC(N5CCOCC5)C4)c(-c4cccnc4)s3)c2c1. The maximum Gasteiger partial charge on any atom is 0.274 e. The number of pyridine rings is 1. The van der Waals surface area contributed by atoms with E-state index >= 15 is 0 Å². The van der Waals surface area contributed by atoms with E-state index in [0.717, 1.165) is 83.4 Å². The number of aryl methyl sites for hydroxylation is 2. The Balaban J connectivity index is 1.37. The first-order chi connectivity index (χ1) is 17.1. The normalized spacial score (nSPS) is 19.0. The minimum Gasteiger partial charge on any atom is -0.379 e. The number of likely N-dealkylation sites (tertiary alicyclic amines) is 1. The second-order valence-electron chi connectivity index (χ2n) is 9.36. The zero-order valence-electron chi connectivity index (χ0n) is 20.0. The first kappa shape index (κ1) is 22.3. The quantitative estimate of drug-likeness (QED) is 0.469. The molecule has 0 spiro atoms. The predicted molar refractivity (Wildman–Crippen MR) is 137 cm³/mol. The Morgan fingerprint density at radius 1 is 1.20 bits per heavy atom. The van der Waals surface area contributed by atoms with Crippen LogP contribution in [0.4, 0.5) is 0 Å². The summed E-state index contributed by atoms with van der Waals surface area (Å²) in [5.41, 5.74) is 5.48. The van der Waals surface area contributed by atoms with Crippen molar-refractivity contribution in [1.29, 1.82) is 0 Å². The van der Waals surface area contributed by atoms with Gasteiger partial charge >= 0.3 is 0 Å². The number of benzene rings is 1. The van der Waals surface area contributed by atoms with Crippen LogP contribution in [-0.4, -0.2) is 81.3 Å². The number of H-pyrrole nitrogens is 1. The van der Waals surface area contributed by atoms with E-state index in [0.29, 0.717) is 11.7 Å². The number of aromatic nitrogens is 4. The molecule has 5 heterocycles. The summed E-state index contributed by atoms with van der Waals surface area (Å²) < 4.78 is 5.51. The predicted octanol–water partition coefficient (Wildman–Crippen LogP) is 3.91. The zero-order valence-corrected chi connectivity index (χ0v) is 20.8. The summed E-state index contributed by atoms with van der Waals surface area (Å²) in [5, 5.41) is 9.53. The number of hydrogen-bond acceptors (Lipinski definition) is 7. The number of rotatable bonds is 4. The summed E-state index contributed by atoms with van der Waals surface area (Å²) in [6, 6.07) is 8.52. The summed E-state index contributed by atoms with van der Waals surface area (Å²) in [4.78, 5) is 28.3.